The molecule has 31 heavy (non-hydrogen) atoms. The molecule has 2 heterocycles. The van der Waals surface area contributed by atoms with E-state index in [0.29, 0.717) is 18.7 Å². The summed E-state index contributed by atoms with van der Waals surface area (Å²) in [6.07, 6.45) is 0.973. The first-order valence-electron chi connectivity index (χ1n) is 9.94. The highest BCUT2D eigenvalue weighted by molar-refractivity contribution is 7.90. The molecule has 0 radical (unpaired) electrons. The van der Waals surface area contributed by atoms with E-state index in [1.807, 2.05) is 13.8 Å². The molecule has 164 valence electrons. The van der Waals surface area contributed by atoms with Crippen LogP contribution in [0.15, 0.2) is 62.7 Å². The molecule has 1 amide bonds. The standard InChI is InChI=1S/C21H23N3O5S2/c1-14-10-15(2)13-24(12-14)31(28,29)17-7-5-6-16(11-17)21(25)22-20-18-8-3-4-9-19(18)30(26,27)23-20/h3-9,11,14-15H,10,12-13H2,1-2H3,(H,22,23,25)/t14-,15-/m0/s1. The van der Waals surface area contributed by atoms with E-state index >= 15 is 0 Å². The summed E-state index contributed by atoms with van der Waals surface area (Å²) in [7, 11) is -7.62. The molecule has 0 saturated carbocycles. The molecule has 0 spiro atoms. The van der Waals surface area contributed by atoms with Crippen LogP contribution in [0.2, 0.25) is 0 Å². The molecule has 0 bridgehead atoms. The zero-order valence-corrected chi connectivity index (χ0v) is 18.8. The highest BCUT2D eigenvalue weighted by Gasteiger charge is 2.33. The van der Waals surface area contributed by atoms with Crippen LogP contribution in [-0.2, 0) is 20.0 Å². The number of hydrogen-bond acceptors (Lipinski definition) is 5. The molecule has 0 aliphatic carbocycles. The van der Waals surface area contributed by atoms with E-state index in [1.54, 1.807) is 18.2 Å². The number of hydrogen-bond donors (Lipinski definition) is 1. The van der Waals surface area contributed by atoms with Crippen molar-refractivity contribution < 1.29 is 21.6 Å². The third kappa shape index (κ3) is 4.15. The van der Waals surface area contributed by atoms with Crippen LogP contribution in [0.4, 0.5) is 0 Å². The van der Waals surface area contributed by atoms with Gasteiger partial charge in [0.1, 0.15) is 4.90 Å². The van der Waals surface area contributed by atoms with Gasteiger partial charge in [-0.05, 0) is 48.6 Å². The van der Waals surface area contributed by atoms with Gasteiger partial charge in [0.25, 0.3) is 15.9 Å². The third-order valence-electron chi connectivity index (χ3n) is 5.43. The van der Waals surface area contributed by atoms with Crippen LogP contribution >= 0.6 is 0 Å². The Kier molecular flexibility index (Phi) is 5.48. The maximum atomic E-state index is 13.1. The van der Waals surface area contributed by atoms with Crippen molar-refractivity contribution in [3.8, 4) is 0 Å². The first-order chi connectivity index (χ1) is 14.6. The maximum absolute atomic E-state index is 13.1. The zero-order chi connectivity index (χ0) is 22.4. The molecule has 1 fully saturated rings. The number of piperidine rings is 1. The largest absolute Gasteiger partial charge is 0.305 e. The Morgan fingerprint density at radius 3 is 2.45 bits per heavy atom. The number of rotatable bonds is 3. The Balaban J connectivity index is 1.60. The Morgan fingerprint density at radius 1 is 1.06 bits per heavy atom. The Labute approximate surface area is 182 Å². The lowest BCUT2D eigenvalue weighted by Gasteiger charge is -2.34. The molecule has 0 unspecified atom stereocenters. The van der Waals surface area contributed by atoms with E-state index in [2.05, 4.69) is 9.71 Å². The van der Waals surface area contributed by atoms with Crippen LogP contribution < -0.4 is 5.32 Å². The topological polar surface area (TPSA) is 113 Å². The summed E-state index contributed by atoms with van der Waals surface area (Å²) in [4.78, 5) is 12.8. The van der Waals surface area contributed by atoms with Gasteiger partial charge in [-0.25, -0.2) is 8.42 Å². The average molecular weight is 462 g/mol. The van der Waals surface area contributed by atoms with E-state index < -0.39 is 26.0 Å². The van der Waals surface area contributed by atoms with Gasteiger partial charge in [0.2, 0.25) is 10.0 Å². The molecule has 4 rings (SSSR count). The lowest BCUT2D eigenvalue weighted by atomic mass is 9.94. The van der Waals surface area contributed by atoms with Crippen LogP contribution in [0, 0.1) is 11.8 Å². The summed E-state index contributed by atoms with van der Waals surface area (Å²) >= 11 is 0. The lowest BCUT2D eigenvalue weighted by molar-refractivity contribution is 0.0977. The SMILES string of the molecule is C[C@H]1C[C@H](C)CN(S(=O)(=O)c2cccc(C(=O)NC3=NS(=O)(=O)c4ccccc43)c2)C1. The number of nitrogens with one attached hydrogen (secondary N) is 1. The molecule has 8 nitrogen and oxygen atoms in total. The molecule has 2 aromatic rings. The van der Waals surface area contributed by atoms with Crippen molar-refractivity contribution in [2.45, 2.75) is 30.1 Å². The predicted molar refractivity (Wildman–Crippen MR) is 116 cm³/mol. The quantitative estimate of drug-likeness (QED) is 0.753. The number of carbonyl (C=O) groups excluding carboxylic acids is 1. The lowest BCUT2D eigenvalue weighted by Crippen LogP contribution is -2.42. The van der Waals surface area contributed by atoms with E-state index in [0.717, 1.165) is 6.42 Å². The van der Waals surface area contributed by atoms with Crippen LogP contribution in [0.5, 0.6) is 0 Å². The van der Waals surface area contributed by atoms with Crippen LogP contribution in [0.3, 0.4) is 0 Å². The van der Waals surface area contributed by atoms with Crippen molar-refractivity contribution in [1.82, 2.24) is 9.62 Å². The molecule has 2 aromatic carbocycles. The number of nitrogens with zero attached hydrogens (tertiary/aromatic N) is 2. The number of amidine groups is 1. The highest BCUT2D eigenvalue weighted by atomic mass is 32.2. The molecule has 1 N–H and O–H groups in total. The van der Waals surface area contributed by atoms with Crippen molar-refractivity contribution in [3.05, 3.63) is 59.7 Å². The molecule has 1 saturated heterocycles. The minimum atomic E-state index is -3.87. The Morgan fingerprint density at radius 2 is 1.74 bits per heavy atom. The minimum absolute atomic E-state index is 0.0231. The Hall–Kier alpha value is -2.56. The second-order valence-corrected chi connectivity index (χ2v) is 11.7. The summed E-state index contributed by atoms with van der Waals surface area (Å²) in [5, 5.41) is 2.50. The number of benzene rings is 2. The fourth-order valence-electron chi connectivity index (χ4n) is 4.12. The smallest absolute Gasteiger partial charge is 0.285 e. The fourth-order valence-corrected chi connectivity index (χ4v) is 7.03. The second-order valence-electron chi connectivity index (χ2n) is 8.16. The molecule has 2 aliphatic rings. The van der Waals surface area contributed by atoms with E-state index in [1.165, 1.54) is 34.6 Å². The molecular weight excluding hydrogens is 438 g/mol. The zero-order valence-electron chi connectivity index (χ0n) is 17.1. The second kappa shape index (κ2) is 7.85. The van der Waals surface area contributed by atoms with E-state index in [9.17, 15) is 21.6 Å². The van der Waals surface area contributed by atoms with Gasteiger partial charge in [0.15, 0.2) is 5.84 Å². The van der Waals surface area contributed by atoms with Gasteiger partial charge >= 0.3 is 0 Å². The molecule has 2 aliphatic heterocycles. The third-order valence-corrected chi connectivity index (χ3v) is 8.60. The minimum Gasteiger partial charge on any atom is -0.305 e. The average Bonchev–Trinajstić information content (AvgIpc) is 2.97. The van der Waals surface area contributed by atoms with E-state index in [4.69, 9.17) is 0 Å². The Bertz CT molecular complexity index is 1280. The van der Waals surface area contributed by atoms with Crippen molar-refractivity contribution in [2.75, 3.05) is 13.1 Å². The van der Waals surface area contributed by atoms with Gasteiger partial charge in [-0.2, -0.15) is 12.7 Å². The normalized spacial score (nSPS) is 23.1. The highest BCUT2D eigenvalue weighted by Crippen LogP contribution is 2.28. The molecule has 0 aromatic heterocycles. The first kappa shape index (κ1) is 21.7. The van der Waals surface area contributed by atoms with Gasteiger partial charge in [0.05, 0.1) is 4.90 Å². The molecular formula is C21H23N3O5S2. The molecule has 2 atom stereocenters. The fraction of sp³-hybridized carbons (Fsp3) is 0.333. The summed E-state index contributed by atoms with van der Waals surface area (Å²) in [6, 6.07) is 11.9. The number of sulfonamides is 2. The summed E-state index contributed by atoms with van der Waals surface area (Å²) < 4.78 is 55.7. The summed E-state index contributed by atoms with van der Waals surface area (Å²) in [6.45, 7) is 4.93. The van der Waals surface area contributed by atoms with Crippen LogP contribution in [0.25, 0.3) is 0 Å². The monoisotopic (exact) mass is 461 g/mol. The summed E-state index contributed by atoms with van der Waals surface area (Å²) in [5.41, 5.74) is 0.402. The van der Waals surface area contributed by atoms with Crippen molar-refractivity contribution in [2.24, 2.45) is 16.2 Å². The molecule has 10 heteroatoms. The van der Waals surface area contributed by atoms with Gasteiger partial charge in [-0.1, -0.05) is 32.0 Å². The van der Waals surface area contributed by atoms with Gasteiger partial charge < -0.3 is 5.32 Å². The maximum Gasteiger partial charge on any atom is 0.285 e. The van der Waals surface area contributed by atoms with Crippen molar-refractivity contribution in [1.29, 1.82) is 0 Å². The summed E-state index contributed by atoms with van der Waals surface area (Å²) in [5.74, 6) is -0.199. The van der Waals surface area contributed by atoms with Crippen LogP contribution in [0.1, 0.15) is 36.2 Å². The van der Waals surface area contributed by atoms with Gasteiger partial charge in [-0.15, -0.1) is 4.40 Å². The van der Waals surface area contributed by atoms with Gasteiger partial charge in [0, 0.05) is 24.2 Å². The number of fused-ring (bicyclic) bond motifs is 1. The van der Waals surface area contributed by atoms with E-state index in [-0.39, 0.29) is 33.0 Å². The van der Waals surface area contributed by atoms with Crippen molar-refractivity contribution >= 4 is 31.8 Å². The van der Waals surface area contributed by atoms with Crippen LogP contribution in [-0.4, -0.2) is 46.0 Å². The van der Waals surface area contributed by atoms with Crippen molar-refractivity contribution in [3.63, 3.8) is 0 Å². The first-order valence-corrected chi connectivity index (χ1v) is 12.8. The predicted octanol–water partition coefficient (Wildman–Crippen LogP) is 2.23. The number of carbonyl (C=O) groups is 1. The number of amides is 1. The van der Waals surface area contributed by atoms with Gasteiger partial charge in [-0.3, -0.25) is 4.79 Å².